The summed E-state index contributed by atoms with van der Waals surface area (Å²) in [5.74, 6) is -1.16. The van der Waals surface area contributed by atoms with Gasteiger partial charge in [0.15, 0.2) is 0 Å². The number of nitrogens with two attached hydrogens (primary N) is 1. The highest BCUT2D eigenvalue weighted by Crippen LogP contribution is 2.32. The number of fused-ring (bicyclic) bond motifs is 1. The normalized spacial score (nSPS) is 10.8. The van der Waals surface area contributed by atoms with Gasteiger partial charge in [0.25, 0.3) is 11.7 Å². The first kappa shape index (κ1) is 17.5. The van der Waals surface area contributed by atoms with Gasteiger partial charge in [0.05, 0.1) is 18.2 Å². The summed E-state index contributed by atoms with van der Waals surface area (Å²) in [4.78, 5) is 24.0. The Balaban J connectivity index is 2.26. The predicted octanol–water partition coefficient (Wildman–Crippen LogP) is 2.47. The van der Waals surface area contributed by atoms with Crippen molar-refractivity contribution in [2.75, 3.05) is 7.11 Å². The standard InChI is InChI=1S/C20H20N2O4/c1-3-14-15(11-12-6-4-7-13(10-12)26-2)22-9-5-8-16(23)18(22)17(14)19(24)20(21)25/h4-10,23H,3,11H2,1-2H3,(H2,21,25). The molecule has 0 radical (unpaired) electrons. The first-order valence-electron chi connectivity index (χ1n) is 8.28. The van der Waals surface area contributed by atoms with Crippen LogP contribution in [0.3, 0.4) is 0 Å². The number of primary amides is 1. The summed E-state index contributed by atoms with van der Waals surface area (Å²) < 4.78 is 7.02. The lowest BCUT2D eigenvalue weighted by atomic mass is 9.99. The molecule has 0 saturated carbocycles. The molecule has 0 bridgehead atoms. The van der Waals surface area contributed by atoms with Crippen LogP contribution in [-0.2, 0) is 17.6 Å². The SMILES string of the molecule is CCc1c(C(=O)C(N)=O)c2c(O)cccn2c1Cc1cccc(OC)c1. The van der Waals surface area contributed by atoms with Gasteiger partial charge in [-0.2, -0.15) is 0 Å². The fourth-order valence-electron chi connectivity index (χ4n) is 3.32. The van der Waals surface area contributed by atoms with E-state index in [-0.39, 0.29) is 11.3 Å². The molecule has 1 amide bonds. The number of carbonyl (C=O) groups is 2. The number of ketones is 1. The van der Waals surface area contributed by atoms with Gasteiger partial charge >= 0.3 is 0 Å². The van der Waals surface area contributed by atoms with E-state index in [4.69, 9.17) is 10.5 Å². The molecule has 6 nitrogen and oxygen atoms in total. The molecule has 0 fully saturated rings. The Bertz CT molecular complexity index is 1000. The average molecular weight is 352 g/mol. The van der Waals surface area contributed by atoms with Crippen LogP contribution in [0.1, 0.15) is 34.1 Å². The summed E-state index contributed by atoms with van der Waals surface area (Å²) >= 11 is 0. The van der Waals surface area contributed by atoms with Crippen molar-refractivity contribution >= 4 is 17.2 Å². The van der Waals surface area contributed by atoms with Crippen molar-refractivity contribution < 1.29 is 19.4 Å². The zero-order valence-corrected chi connectivity index (χ0v) is 14.7. The first-order chi connectivity index (χ1) is 12.5. The quantitative estimate of drug-likeness (QED) is 0.526. The summed E-state index contributed by atoms with van der Waals surface area (Å²) in [7, 11) is 1.60. The monoisotopic (exact) mass is 352 g/mol. The van der Waals surface area contributed by atoms with Crippen molar-refractivity contribution in [1.82, 2.24) is 4.40 Å². The summed E-state index contributed by atoms with van der Waals surface area (Å²) in [6.07, 6.45) is 2.80. The average Bonchev–Trinajstić information content (AvgIpc) is 2.95. The van der Waals surface area contributed by atoms with Gasteiger partial charge in [-0.1, -0.05) is 19.1 Å². The summed E-state index contributed by atoms with van der Waals surface area (Å²) in [6.45, 7) is 1.90. The number of amides is 1. The number of methoxy groups -OCH3 is 1. The van der Waals surface area contributed by atoms with Gasteiger partial charge in [-0.15, -0.1) is 0 Å². The van der Waals surface area contributed by atoms with Crippen molar-refractivity contribution in [3.63, 3.8) is 0 Å². The molecule has 0 atom stereocenters. The molecule has 0 unspecified atom stereocenters. The van der Waals surface area contributed by atoms with E-state index in [2.05, 4.69) is 0 Å². The van der Waals surface area contributed by atoms with E-state index in [1.165, 1.54) is 6.07 Å². The summed E-state index contributed by atoms with van der Waals surface area (Å²) in [6, 6.07) is 10.8. The Morgan fingerprint density at radius 3 is 2.65 bits per heavy atom. The van der Waals surface area contributed by atoms with Crippen LogP contribution in [0.5, 0.6) is 11.5 Å². The van der Waals surface area contributed by atoms with Crippen molar-refractivity contribution in [3.05, 3.63) is 65.0 Å². The zero-order valence-electron chi connectivity index (χ0n) is 14.7. The van der Waals surface area contributed by atoms with Crippen LogP contribution >= 0.6 is 0 Å². The van der Waals surface area contributed by atoms with Gasteiger partial charge in [-0.25, -0.2) is 0 Å². The number of carbonyl (C=O) groups excluding carboxylic acids is 2. The molecular formula is C20H20N2O4. The topological polar surface area (TPSA) is 94.0 Å². The molecule has 1 aromatic carbocycles. The number of ether oxygens (including phenoxy) is 1. The zero-order chi connectivity index (χ0) is 18.8. The minimum Gasteiger partial charge on any atom is -0.506 e. The highest BCUT2D eigenvalue weighted by Gasteiger charge is 2.27. The van der Waals surface area contributed by atoms with Crippen molar-refractivity contribution in [1.29, 1.82) is 0 Å². The molecule has 0 spiro atoms. The molecule has 26 heavy (non-hydrogen) atoms. The lowest BCUT2D eigenvalue weighted by molar-refractivity contribution is -0.114. The number of hydrogen-bond donors (Lipinski definition) is 2. The maximum atomic E-state index is 12.4. The first-order valence-corrected chi connectivity index (χ1v) is 8.28. The molecule has 0 aliphatic rings. The lowest BCUT2D eigenvalue weighted by Gasteiger charge is -2.08. The highest BCUT2D eigenvalue weighted by atomic mass is 16.5. The minimum absolute atomic E-state index is 0.0660. The van der Waals surface area contributed by atoms with Crippen LogP contribution in [0, 0.1) is 0 Å². The molecular weight excluding hydrogens is 332 g/mol. The fourth-order valence-corrected chi connectivity index (χ4v) is 3.32. The maximum absolute atomic E-state index is 12.4. The van der Waals surface area contributed by atoms with Gasteiger partial charge in [0.2, 0.25) is 0 Å². The van der Waals surface area contributed by atoms with Crippen LogP contribution < -0.4 is 10.5 Å². The number of Topliss-reactive ketones (excluding diaryl/α,β-unsaturated/α-hetero) is 1. The Morgan fingerprint density at radius 2 is 2.00 bits per heavy atom. The second-order valence-electron chi connectivity index (χ2n) is 5.99. The van der Waals surface area contributed by atoms with E-state index < -0.39 is 11.7 Å². The number of aromatic nitrogens is 1. The Kier molecular flexibility index (Phi) is 4.67. The Morgan fingerprint density at radius 1 is 1.23 bits per heavy atom. The molecule has 2 heterocycles. The summed E-state index contributed by atoms with van der Waals surface area (Å²) in [5.41, 5.74) is 8.25. The van der Waals surface area contributed by atoms with Crippen molar-refractivity contribution in [3.8, 4) is 11.5 Å². The second kappa shape index (κ2) is 6.92. The largest absolute Gasteiger partial charge is 0.506 e. The van der Waals surface area contributed by atoms with E-state index in [0.29, 0.717) is 23.9 Å². The molecule has 3 aromatic rings. The smallest absolute Gasteiger partial charge is 0.289 e. The minimum atomic E-state index is -1.04. The van der Waals surface area contributed by atoms with Crippen LogP contribution in [0.25, 0.3) is 5.52 Å². The van der Waals surface area contributed by atoms with Crippen LogP contribution in [0.4, 0.5) is 0 Å². The molecule has 3 rings (SSSR count). The molecule has 134 valence electrons. The van der Waals surface area contributed by atoms with Crippen LogP contribution in [-0.4, -0.2) is 28.3 Å². The van der Waals surface area contributed by atoms with Gasteiger partial charge < -0.3 is 20.0 Å². The molecule has 0 aliphatic heterocycles. The third kappa shape index (κ3) is 2.90. The third-order valence-electron chi connectivity index (χ3n) is 4.46. The number of aromatic hydroxyl groups is 1. The van der Waals surface area contributed by atoms with Gasteiger partial charge in [-0.3, -0.25) is 9.59 Å². The van der Waals surface area contributed by atoms with Gasteiger partial charge in [0, 0.05) is 18.3 Å². The molecule has 3 N–H and O–H groups in total. The number of nitrogens with zero attached hydrogens (tertiary/aromatic N) is 1. The number of pyridine rings is 1. The van der Waals surface area contributed by atoms with Crippen molar-refractivity contribution in [2.24, 2.45) is 5.73 Å². The predicted molar refractivity (Wildman–Crippen MR) is 97.8 cm³/mol. The van der Waals surface area contributed by atoms with Gasteiger partial charge in [0.1, 0.15) is 11.5 Å². The van der Waals surface area contributed by atoms with Crippen LogP contribution in [0.2, 0.25) is 0 Å². The Labute approximate surface area is 150 Å². The lowest BCUT2D eigenvalue weighted by Crippen LogP contribution is -2.24. The number of rotatable bonds is 6. The second-order valence-corrected chi connectivity index (χ2v) is 5.99. The van der Waals surface area contributed by atoms with Gasteiger partial charge in [-0.05, 0) is 41.8 Å². The molecule has 2 aromatic heterocycles. The number of hydrogen-bond acceptors (Lipinski definition) is 4. The maximum Gasteiger partial charge on any atom is 0.289 e. The van der Waals surface area contributed by atoms with E-state index in [1.807, 2.05) is 31.2 Å². The van der Waals surface area contributed by atoms with E-state index in [1.54, 1.807) is 23.8 Å². The van der Waals surface area contributed by atoms with E-state index in [9.17, 15) is 14.7 Å². The Hall–Kier alpha value is -3.28. The molecule has 6 heteroatoms. The highest BCUT2D eigenvalue weighted by molar-refractivity contribution is 6.44. The molecule has 0 saturated heterocycles. The van der Waals surface area contributed by atoms with Crippen LogP contribution in [0.15, 0.2) is 42.6 Å². The summed E-state index contributed by atoms with van der Waals surface area (Å²) in [5, 5.41) is 10.3. The van der Waals surface area contributed by atoms with E-state index in [0.717, 1.165) is 17.0 Å². The fraction of sp³-hybridized carbons (Fsp3) is 0.200. The third-order valence-corrected chi connectivity index (χ3v) is 4.46. The van der Waals surface area contributed by atoms with Crippen molar-refractivity contribution in [2.45, 2.75) is 19.8 Å². The van der Waals surface area contributed by atoms with E-state index >= 15 is 0 Å². The molecule has 0 aliphatic carbocycles. The number of benzene rings is 1.